The molecule has 1 fully saturated rings. The van der Waals surface area contributed by atoms with Crippen molar-refractivity contribution in [2.75, 3.05) is 26.2 Å². The van der Waals surface area contributed by atoms with Crippen LogP contribution in [0.2, 0.25) is 0 Å². The Hall–Kier alpha value is -1.62. The first kappa shape index (κ1) is 15.8. The van der Waals surface area contributed by atoms with E-state index in [0.29, 0.717) is 12.6 Å². The molecule has 0 aromatic heterocycles. The molecular formula is C16H24FN3O. The van der Waals surface area contributed by atoms with Crippen LogP contribution in [0.15, 0.2) is 24.3 Å². The first-order valence-electron chi connectivity index (χ1n) is 7.59. The van der Waals surface area contributed by atoms with Crippen LogP contribution in [0.4, 0.5) is 9.18 Å². The zero-order valence-electron chi connectivity index (χ0n) is 12.6. The number of rotatable bonds is 4. The number of halogens is 1. The monoisotopic (exact) mass is 293 g/mol. The predicted molar refractivity (Wildman–Crippen MR) is 81.5 cm³/mol. The van der Waals surface area contributed by atoms with Crippen LogP contribution >= 0.6 is 0 Å². The normalized spacial score (nSPS) is 18.3. The van der Waals surface area contributed by atoms with Gasteiger partial charge in [0.05, 0.1) is 0 Å². The summed E-state index contributed by atoms with van der Waals surface area (Å²) < 4.78 is 13.2. The van der Waals surface area contributed by atoms with Crippen molar-refractivity contribution in [3.05, 3.63) is 35.6 Å². The van der Waals surface area contributed by atoms with Gasteiger partial charge in [0.15, 0.2) is 0 Å². The number of carbonyl (C=O) groups is 1. The largest absolute Gasteiger partial charge is 0.351 e. The molecule has 0 unspecified atom stereocenters. The van der Waals surface area contributed by atoms with Crippen molar-refractivity contribution < 1.29 is 9.18 Å². The summed E-state index contributed by atoms with van der Waals surface area (Å²) in [4.78, 5) is 15.3. The van der Waals surface area contributed by atoms with Crippen LogP contribution in [0, 0.1) is 5.82 Å². The molecule has 1 atom stereocenters. The summed E-state index contributed by atoms with van der Waals surface area (Å²) in [6, 6.07) is 6.88. The van der Waals surface area contributed by atoms with Crippen molar-refractivity contribution in [3.63, 3.8) is 0 Å². The van der Waals surface area contributed by atoms with Gasteiger partial charge in [0.1, 0.15) is 5.82 Å². The second-order valence-corrected chi connectivity index (χ2v) is 5.73. The van der Waals surface area contributed by atoms with Crippen LogP contribution < -0.4 is 5.73 Å². The van der Waals surface area contributed by atoms with E-state index in [1.165, 1.54) is 6.07 Å². The van der Waals surface area contributed by atoms with Gasteiger partial charge in [0.2, 0.25) is 0 Å². The minimum absolute atomic E-state index is 0.174. The Balaban J connectivity index is 1.83. The highest BCUT2D eigenvalue weighted by molar-refractivity contribution is 5.71. The molecule has 0 spiro atoms. The molecule has 1 aromatic rings. The van der Waals surface area contributed by atoms with Gasteiger partial charge in [-0.25, -0.2) is 9.18 Å². The van der Waals surface area contributed by atoms with E-state index in [-0.39, 0.29) is 11.8 Å². The highest BCUT2D eigenvalue weighted by Crippen LogP contribution is 2.13. The molecule has 1 heterocycles. The third-order valence-corrected chi connectivity index (χ3v) is 4.21. The molecule has 4 nitrogen and oxygen atoms in total. The summed E-state index contributed by atoms with van der Waals surface area (Å²) in [6.07, 6.45) is 2.81. The fraction of sp³-hybridized carbons (Fsp3) is 0.562. The molecule has 0 radical (unpaired) electrons. The molecule has 2 rings (SSSR count). The third kappa shape index (κ3) is 4.70. The Morgan fingerprint density at radius 3 is 2.86 bits per heavy atom. The smallest absolute Gasteiger partial charge is 0.314 e. The molecule has 2 N–H and O–H groups in total. The number of amides is 2. The average Bonchev–Trinajstić information content (AvgIpc) is 2.71. The molecule has 1 aliphatic rings. The third-order valence-electron chi connectivity index (χ3n) is 4.21. The van der Waals surface area contributed by atoms with E-state index in [1.807, 2.05) is 6.07 Å². The molecule has 5 heteroatoms. The van der Waals surface area contributed by atoms with Crippen LogP contribution in [0.3, 0.4) is 0 Å². The summed E-state index contributed by atoms with van der Waals surface area (Å²) in [5, 5.41) is 0. The maximum atomic E-state index is 13.2. The summed E-state index contributed by atoms with van der Waals surface area (Å²) in [5.74, 6) is -0.174. The molecule has 1 aromatic carbocycles. The summed E-state index contributed by atoms with van der Waals surface area (Å²) in [5.41, 5.74) is 6.38. The van der Waals surface area contributed by atoms with Gasteiger partial charge >= 0.3 is 6.03 Å². The van der Waals surface area contributed by atoms with Crippen LogP contribution in [-0.2, 0) is 6.42 Å². The molecule has 0 saturated carbocycles. The standard InChI is InChI=1S/C16H24FN3O/c1-13(6-7-14-4-2-5-15(17)12-14)19-8-3-9-20(11-10-19)16(18)21/h2,4-5,12-13H,3,6-11H2,1H3,(H2,18,21)/t13-/m0/s1. The van der Waals surface area contributed by atoms with Gasteiger partial charge in [-0.15, -0.1) is 0 Å². The zero-order valence-corrected chi connectivity index (χ0v) is 12.6. The molecule has 0 aliphatic carbocycles. The Labute approximate surface area is 125 Å². The molecular weight excluding hydrogens is 269 g/mol. The second kappa shape index (κ2) is 7.41. The minimum Gasteiger partial charge on any atom is -0.351 e. The van der Waals surface area contributed by atoms with Gasteiger partial charge in [-0.3, -0.25) is 4.90 Å². The van der Waals surface area contributed by atoms with Crippen molar-refractivity contribution in [1.82, 2.24) is 9.80 Å². The van der Waals surface area contributed by atoms with E-state index in [1.54, 1.807) is 17.0 Å². The number of carbonyl (C=O) groups excluding carboxylic acids is 1. The minimum atomic E-state index is -0.329. The molecule has 1 aliphatic heterocycles. The van der Waals surface area contributed by atoms with E-state index < -0.39 is 0 Å². The van der Waals surface area contributed by atoms with Gasteiger partial charge in [-0.1, -0.05) is 12.1 Å². The van der Waals surface area contributed by atoms with Gasteiger partial charge in [0.25, 0.3) is 0 Å². The number of nitrogens with two attached hydrogens (primary N) is 1. The lowest BCUT2D eigenvalue weighted by Crippen LogP contribution is -2.40. The summed E-state index contributed by atoms with van der Waals surface area (Å²) in [7, 11) is 0. The number of hydrogen-bond donors (Lipinski definition) is 1. The summed E-state index contributed by atoms with van der Waals surface area (Å²) in [6.45, 7) is 5.46. The van der Waals surface area contributed by atoms with E-state index in [2.05, 4.69) is 11.8 Å². The molecule has 1 saturated heterocycles. The van der Waals surface area contributed by atoms with Crippen LogP contribution in [0.1, 0.15) is 25.3 Å². The fourth-order valence-corrected chi connectivity index (χ4v) is 2.85. The summed E-state index contributed by atoms with van der Waals surface area (Å²) >= 11 is 0. The van der Waals surface area contributed by atoms with Gasteiger partial charge in [-0.05, 0) is 43.9 Å². The maximum Gasteiger partial charge on any atom is 0.314 e. The van der Waals surface area contributed by atoms with Crippen LogP contribution in [0.25, 0.3) is 0 Å². The van der Waals surface area contributed by atoms with E-state index in [0.717, 1.165) is 44.5 Å². The van der Waals surface area contributed by atoms with E-state index >= 15 is 0 Å². The Morgan fingerprint density at radius 1 is 1.33 bits per heavy atom. The quantitative estimate of drug-likeness (QED) is 0.925. The Bertz CT molecular complexity index is 480. The van der Waals surface area contributed by atoms with Crippen molar-refractivity contribution in [3.8, 4) is 0 Å². The molecule has 0 bridgehead atoms. The first-order valence-corrected chi connectivity index (χ1v) is 7.59. The second-order valence-electron chi connectivity index (χ2n) is 5.73. The number of benzene rings is 1. The Kier molecular flexibility index (Phi) is 5.56. The van der Waals surface area contributed by atoms with Gasteiger partial charge < -0.3 is 10.6 Å². The number of hydrogen-bond acceptors (Lipinski definition) is 2. The average molecular weight is 293 g/mol. The molecule has 116 valence electrons. The van der Waals surface area contributed by atoms with Crippen molar-refractivity contribution in [1.29, 1.82) is 0 Å². The number of aryl methyl sites for hydroxylation is 1. The molecule has 2 amide bonds. The van der Waals surface area contributed by atoms with Crippen LogP contribution in [0.5, 0.6) is 0 Å². The highest BCUT2D eigenvalue weighted by Gasteiger charge is 2.20. The van der Waals surface area contributed by atoms with E-state index in [4.69, 9.17) is 5.73 Å². The van der Waals surface area contributed by atoms with Gasteiger partial charge in [-0.2, -0.15) is 0 Å². The predicted octanol–water partition coefficient (Wildman–Crippen LogP) is 2.23. The van der Waals surface area contributed by atoms with Gasteiger partial charge in [0, 0.05) is 32.2 Å². The topological polar surface area (TPSA) is 49.6 Å². The van der Waals surface area contributed by atoms with Crippen LogP contribution in [-0.4, -0.2) is 48.1 Å². The number of urea groups is 1. The lowest BCUT2D eigenvalue weighted by molar-refractivity contribution is 0.194. The van der Waals surface area contributed by atoms with Crippen molar-refractivity contribution >= 4 is 6.03 Å². The molecule has 21 heavy (non-hydrogen) atoms. The lowest BCUT2D eigenvalue weighted by Gasteiger charge is -2.27. The Morgan fingerprint density at radius 2 is 2.14 bits per heavy atom. The van der Waals surface area contributed by atoms with Crippen molar-refractivity contribution in [2.24, 2.45) is 5.73 Å². The fourth-order valence-electron chi connectivity index (χ4n) is 2.85. The zero-order chi connectivity index (χ0) is 15.2. The SMILES string of the molecule is C[C@@H](CCc1cccc(F)c1)N1CCCN(C(N)=O)CC1. The highest BCUT2D eigenvalue weighted by atomic mass is 19.1. The lowest BCUT2D eigenvalue weighted by atomic mass is 10.0. The van der Waals surface area contributed by atoms with E-state index in [9.17, 15) is 9.18 Å². The number of nitrogens with zero attached hydrogens (tertiary/aromatic N) is 2. The maximum absolute atomic E-state index is 13.2. The first-order chi connectivity index (χ1) is 10.1. The van der Waals surface area contributed by atoms with Crippen molar-refractivity contribution in [2.45, 2.75) is 32.2 Å². The number of primary amides is 1.